The third-order valence-electron chi connectivity index (χ3n) is 2.79. The number of carbonyl (C=O) groups excluding carboxylic acids is 1. The molecule has 17 heavy (non-hydrogen) atoms. The highest BCUT2D eigenvalue weighted by Crippen LogP contribution is 2.17. The first-order chi connectivity index (χ1) is 8.18. The molecule has 1 amide bonds. The molecule has 2 rings (SSSR count). The van der Waals surface area contributed by atoms with Gasteiger partial charge in [-0.15, -0.1) is 0 Å². The van der Waals surface area contributed by atoms with E-state index >= 15 is 0 Å². The standard InChI is InChI=1S/C13H13FINO/c14-10-7-4-8-11(15)12(10)13(17)16-9-5-2-1-3-6-9/h1-2,4,7-9H,3,5-6H2,(H,16,17)/t9-/m1/s1. The maximum absolute atomic E-state index is 13.6. The maximum Gasteiger partial charge on any atom is 0.255 e. The molecular weight excluding hydrogens is 332 g/mol. The van der Waals surface area contributed by atoms with Crippen LogP contribution in [0, 0.1) is 9.39 Å². The van der Waals surface area contributed by atoms with E-state index in [9.17, 15) is 9.18 Å². The first-order valence-corrected chi connectivity index (χ1v) is 6.66. The molecule has 2 nitrogen and oxygen atoms in total. The number of nitrogens with one attached hydrogen (secondary N) is 1. The van der Waals surface area contributed by atoms with E-state index in [4.69, 9.17) is 0 Å². The number of hydrogen-bond acceptors (Lipinski definition) is 1. The minimum atomic E-state index is -0.458. The predicted molar refractivity (Wildman–Crippen MR) is 73.4 cm³/mol. The lowest BCUT2D eigenvalue weighted by atomic mass is 10.0. The minimum Gasteiger partial charge on any atom is -0.349 e. The summed E-state index contributed by atoms with van der Waals surface area (Å²) in [5.41, 5.74) is 0.155. The smallest absolute Gasteiger partial charge is 0.255 e. The third kappa shape index (κ3) is 3.06. The molecule has 0 saturated heterocycles. The Kier molecular flexibility index (Phi) is 4.15. The van der Waals surface area contributed by atoms with Crippen LogP contribution < -0.4 is 5.32 Å². The van der Waals surface area contributed by atoms with E-state index in [0.717, 1.165) is 19.3 Å². The first-order valence-electron chi connectivity index (χ1n) is 5.58. The minimum absolute atomic E-state index is 0.128. The van der Waals surface area contributed by atoms with Gasteiger partial charge in [-0.1, -0.05) is 18.2 Å². The summed E-state index contributed by atoms with van der Waals surface area (Å²) in [4.78, 5) is 12.0. The van der Waals surface area contributed by atoms with Gasteiger partial charge in [0.05, 0.1) is 5.56 Å². The van der Waals surface area contributed by atoms with Gasteiger partial charge in [0.15, 0.2) is 0 Å². The molecule has 0 fully saturated rings. The van der Waals surface area contributed by atoms with Crippen LogP contribution in [0.3, 0.4) is 0 Å². The lowest BCUT2D eigenvalue weighted by molar-refractivity contribution is 0.0929. The van der Waals surface area contributed by atoms with Gasteiger partial charge in [0.25, 0.3) is 5.91 Å². The van der Waals surface area contributed by atoms with Gasteiger partial charge in [0, 0.05) is 9.61 Å². The molecular formula is C13H13FINO. The lowest BCUT2D eigenvalue weighted by Gasteiger charge is -2.19. The molecule has 0 radical (unpaired) electrons. The number of rotatable bonds is 2. The second-order valence-electron chi connectivity index (χ2n) is 4.05. The molecule has 1 N–H and O–H groups in total. The van der Waals surface area contributed by atoms with Crippen LogP contribution in [0.4, 0.5) is 4.39 Å². The van der Waals surface area contributed by atoms with E-state index in [0.29, 0.717) is 3.57 Å². The summed E-state index contributed by atoms with van der Waals surface area (Å²) in [5.74, 6) is -0.770. The van der Waals surface area contributed by atoms with Crippen molar-refractivity contribution in [2.24, 2.45) is 0 Å². The average molecular weight is 345 g/mol. The highest BCUT2D eigenvalue weighted by atomic mass is 127. The number of halogens is 2. The number of carbonyl (C=O) groups is 1. The molecule has 1 atom stereocenters. The van der Waals surface area contributed by atoms with Gasteiger partial charge in [-0.25, -0.2) is 4.39 Å². The van der Waals surface area contributed by atoms with Crippen molar-refractivity contribution in [1.29, 1.82) is 0 Å². The number of amides is 1. The summed E-state index contributed by atoms with van der Waals surface area (Å²) in [5, 5.41) is 2.88. The summed E-state index contributed by atoms with van der Waals surface area (Å²) in [6.45, 7) is 0. The fourth-order valence-electron chi connectivity index (χ4n) is 1.90. The Morgan fingerprint density at radius 2 is 2.24 bits per heavy atom. The van der Waals surface area contributed by atoms with Crippen LogP contribution in [-0.2, 0) is 0 Å². The molecule has 1 aromatic carbocycles. The van der Waals surface area contributed by atoms with Crippen LogP contribution in [-0.4, -0.2) is 11.9 Å². The van der Waals surface area contributed by atoms with Crippen LogP contribution in [0.25, 0.3) is 0 Å². The van der Waals surface area contributed by atoms with Gasteiger partial charge in [-0.3, -0.25) is 4.79 Å². The van der Waals surface area contributed by atoms with Crippen molar-refractivity contribution < 1.29 is 9.18 Å². The lowest BCUT2D eigenvalue weighted by Crippen LogP contribution is -2.36. The number of benzene rings is 1. The monoisotopic (exact) mass is 345 g/mol. The SMILES string of the molecule is O=C(N[C@@H]1CC=CCC1)c1c(F)cccc1I. The first kappa shape index (κ1) is 12.5. The van der Waals surface area contributed by atoms with Crippen molar-refractivity contribution in [2.45, 2.75) is 25.3 Å². The third-order valence-corrected chi connectivity index (χ3v) is 3.69. The van der Waals surface area contributed by atoms with Crippen molar-refractivity contribution in [2.75, 3.05) is 0 Å². The van der Waals surface area contributed by atoms with Crippen LogP contribution in [0.1, 0.15) is 29.6 Å². The molecule has 4 heteroatoms. The summed E-state index contributed by atoms with van der Waals surface area (Å²) >= 11 is 1.98. The van der Waals surface area contributed by atoms with Crippen molar-refractivity contribution in [1.82, 2.24) is 5.32 Å². The van der Waals surface area contributed by atoms with E-state index in [1.807, 2.05) is 22.6 Å². The summed E-state index contributed by atoms with van der Waals surface area (Å²) < 4.78 is 14.2. The van der Waals surface area contributed by atoms with Gasteiger partial charge in [-0.05, 0) is 54.0 Å². The molecule has 0 aliphatic heterocycles. The second-order valence-corrected chi connectivity index (χ2v) is 5.21. The Morgan fingerprint density at radius 3 is 2.88 bits per heavy atom. The van der Waals surface area contributed by atoms with E-state index in [-0.39, 0.29) is 17.5 Å². The Bertz CT molecular complexity index is 438. The molecule has 0 unspecified atom stereocenters. The predicted octanol–water partition coefficient (Wildman–Crippen LogP) is 3.27. The average Bonchev–Trinajstić information content (AvgIpc) is 2.30. The van der Waals surface area contributed by atoms with Crippen LogP contribution >= 0.6 is 22.6 Å². The number of hydrogen-bond donors (Lipinski definition) is 1. The molecule has 1 aliphatic carbocycles. The number of allylic oxidation sites excluding steroid dienone is 1. The normalized spacial score (nSPS) is 19.1. The fraction of sp³-hybridized carbons (Fsp3) is 0.308. The van der Waals surface area contributed by atoms with E-state index in [1.54, 1.807) is 12.1 Å². The maximum atomic E-state index is 13.6. The van der Waals surface area contributed by atoms with Crippen LogP contribution in [0.2, 0.25) is 0 Å². The topological polar surface area (TPSA) is 29.1 Å². The van der Waals surface area contributed by atoms with Crippen molar-refractivity contribution in [3.63, 3.8) is 0 Å². The van der Waals surface area contributed by atoms with E-state index in [2.05, 4.69) is 17.5 Å². The van der Waals surface area contributed by atoms with Crippen molar-refractivity contribution in [3.05, 3.63) is 45.3 Å². The Balaban J connectivity index is 2.11. The molecule has 1 aliphatic rings. The van der Waals surface area contributed by atoms with Gasteiger partial charge in [-0.2, -0.15) is 0 Å². The van der Waals surface area contributed by atoms with Crippen LogP contribution in [0.15, 0.2) is 30.4 Å². The van der Waals surface area contributed by atoms with Gasteiger partial charge in [0.2, 0.25) is 0 Å². The Labute approximate surface area is 113 Å². The van der Waals surface area contributed by atoms with Crippen molar-refractivity contribution in [3.8, 4) is 0 Å². The summed E-state index contributed by atoms with van der Waals surface area (Å²) in [7, 11) is 0. The van der Waals surface area contributed by atoms with Gasteiger partial charge >= 0.3 is 0 Å². The van der Waals surface area contributed by atoms with Gasteiger partial charge < -0.3 is 5.32 Å². The Morgan fingerprint density at radius 1 is 1.41 bits per heavy atom. The molecule has 0 bridgehead atoms. The zero-order valence-corrected chi connectivity index (χ0v) is 11.4. The fourth-order valence-corrected chi connectivity index (χ4v) is 2.61. The zero-order valence-electron chi connectivity index (χ0n) is 9.25. The zero-order chi connectivity index (χ0) is 12.3. The molecule has 90 valence electrons. The highest BCUT2D eigenvalue weighted by molar-refractivity contribution is 14.1. The van der Waals surface area contributed by atoms with Crippen molar-refractivity contribution >= 4 is 28.5 Å². The van der Waals surface area contributed by atoms with E-state index in [1.165, 1.54) is 6.07 Å². The van der Waals surface area contributed by atoms with Gasteiger partial charge in [0.1, 0.15) is 5.82 Å². The van der Waals surface area contributed by atoms with Crippen LogP contribution in [0.5, 0.6) is 0 Å². The molecule has 1 aromatic rings. The highest BCUT2D eigenvalue weighted by Gasteiger charge is 2.19. The quantitative estimate of drug-likeness (QED) is 0.647. The molecule has 0 spiro atoms. The molecule has 0 heterocycles. The Hall–Kier alpha value is -0.910. The molecule has 0 aromatic heterocycles. The largest absolute Gasteiger partial charge is 0.349 e. The summed E-state index contributed by atoms with van der Waals surface area (Å²) in [6.07, 6.45) is 6.89. The van der Waals surface area contributed by atoms with E-state index < -0.39 is 5.82 Å². The second kappa shape index (κ2) is 5.62. The summed E-state index contributed by atoms with van der Waals surface area (Å²) in [6, 6.07) is 4.79. The molecule has 0 saturated carbocycles.